The fourth-order valence-corrected chi connectivity index (χ4v) is 2.10. The SMILES string of the molecule is CN1C(c2ccccc2)=C1c1ccccc1. The third-order valence-corrected chi connectivity index (χ3v) is 2.94. The van der Waals surface area contributed by atoms with E-state index in [1.165, 1.54) is 22.5 Å². The number of rotatable bonds is 2. The summed E-state index contributed by atoms with van der Waals surface area (Å²) in [6.45, 7) is 0. The lowest BCUT2D eigenvalue weighted by atomic mass is 10.1. The second-order valence-electron chi connectivity index (χ2n) is 3.99. The van der Waals surface area contributed by atoms with Gasteiger partial charge in [0.05, 0.1) is 11.4 Å². The van der Waals surface area contributed by atoms with E-state index in [4.69, 9.17) is 0 Å². The number of benzene rings is 2. The predicted octanol–water partition coefficient (Wildman–Crippen LogP) is 3.46. The molecule has 16 heavy (non-hydrogen) atoms. The summed E-state index contributed by atoms with van der Waals surface area (Å²) < 4.78 is 0. The first-order chi connectivity index (χ1) is 7.88. The van der Waals surface area contributed by atoms with Crippen molar-refractivity contribution in [2.45, 2.75) is 0 Å². The minimum atomic E-state index is 1.30. The van der Waals surface area contributed by atoms with Gasteiger partial charge in [-0.15, -0.1) is 0 Å². The average Bonchev–Trinajstić information content (AvgIpc) is 3.03. The molecular formula is C15H13N. The Hall–Kier alpha value is -2.02. The Morgan fingerprint density at radius 2 is 1.00 bits per heavy atom. The maximum Gasteiger partial charge on any atom is 0.0729 e. The molecule has 0 aliphatic carbocycles. The Morgan fingerprint density at radius 3 is 1.38 bits per heavy atom. The van der Waals surface area contributed by atoms with E-state index in [1.807, 2.05) is 0 Å². The molecule has 0 saturated heterocycles. The lowest BCUT2D eigenvalue weighted by Crippen LogP contribution is -1.90. The molecule has 0 fully saturated rings. The number of hydrogen-bond acceptors (Lipinski definition) is 1. The molecule has 1 heteroatoms. The molecule has 1 heterocycles. The molecule has 0 atom stereocenters. The molecule has 2 aromatic rings. The summed E-state index contributed by atoms with van der Waals surface area (Å²) in [5, 5.41) is 0. The van der Waals surface area contributed by atoms with Crippen LogP contribution in [0.15, 0.2) is 60.7 Å². The summed E-state index contributed by atoms with van der Waals surface area (Å²) in [6, 6.07) is 21.0. The molecular weight excluding hydrogens is 194 g/mol. The summed E-state index contributed by atoms with van der Waals surface area (Å²) in [7, 11) is 2.12. The molecule has 78 valence electrons. The van der Waals surface area contributed by atoms with E-state index in [9.17, 15) is 0 Å². The van der Waals surface area contributed by atoms with Crippen molar-refractivity contribution >= 4 is 11.4 Å². The summed E-state index contributed by atoms with van der Waals surface area (Å²) in [4.78, 5) is 2.24. The minimum absolute atomic E-state index is 1.30. The lowest BCUT2D eigenvalue weighted by molar-refractivity contribution is 0.795. The Labute approximate surface area is 95.6 Å². The van der Waals surface area contributed by atoms with Crippen LogP contribution in [0.4, 0.5) is 0 Å². The van der Waals surface area contributed by atoms with Crippen LogP contribution in [0.5, 0.6) is 0 Å². The van der Waals surface area contributed by atoms with Crippen molar-refractivity contribution in [3.05, 3.63) is 71.8 Å². The number of hydrogen-bond donors (Lipinski definition) is 0. The molecule has 0 spiro atoms. The highest BCUT2D eigenvalue weighted by Gasteiger charge is 2.31. The maximum atomic E-state index is 2.24. The van der Waals surface area contributed by atoms with Crippen molar-refractivity contribution in [1.29, 1.82) is 0 Å². The number of nitrogens with zero attached hydrogens (tertiary/aromatic N) is 1. The van der Waals surface area contributed by atoms with E-state index in [0.29, 0.717) is 0 Å². The molecule has 0 amide bonds. The fraction of sp³-hybridized carbons (Fsp3) is 0.0667. The molecule has 0 bridgehead atoms. The van der Waals surface area contributed by atoms with Crippen molar-refractivity contribution in [3.63, 3.8) is 0 Å². The van der Waals surface area contributed by atoms with Crippen LogP contribution in [-0.2, 0) is 0 Å². The van der Waals surface area contributed by atoms with Gasteiger partial charge in [0.2, 0.25) is 0 Å². The third-order valence-electron chi connectivity index (χ3n) is 2.94. The summed E-state index contributed by atoms with van der Waals surface area (Å²) in [5.74, 6) is 0. The molecule has 0 N–H and O–H groups in total. The van der Waals surface area contributed by atoms with Crippen LogP contribution in [0.25, 0.3) is 11.4 Å². The maximum absolute atomic E-state index is 2.24. The van der Waals surface area contributed by atoms with Crippen molar-refractivity contribution in [3.8, 4) is 0 Å². The smallest absolute Gasteiger partial charge is 0.0729 e. The summed E-state index contributed by atoms with van der Waals surface area (Å²) in [5.41, 5.74) is 5.27. The standard InChI is InChI=1S/C15H13N/c1-16-14(12-8-4-2-5-9-12)15(16)13-10-6-3-7-11-13/h2-11H,1H3. The van der Waals surface area contributed by atoms with Gasteiger partial charge >= 0.3 is 0 Å². The largest absolute Gasteiger partial charge is 0.340 e. The van der Waals surface area contributed by atoms with Gasteiger partial charge < -0.3 is 4.90 Å². The van der Waals surface area contributed by atoms with E-state index < -0.39 is 0 Å². The van der Waals surface area contributed by atoms with Crippen molar-refractivity contribution in [2.75, 3.05) is 7.05 Å². The van der Waals surface area contributed by atoms with Gasteiger partial charge in [0.25, 0.3) is 0 Å². The van der Waals surface area contributed by atoms with Crippen LogP contribution in [0.3, 0.4) is 0 Å². The van der Waals surface area contributed by atoms with Crippen LogP contribution in [0.2, 0.25) is 0 Å². The molecule has 0 radical (unpaired) electrons. The molecule has 0 aromatic heterocycles. The van der Waals surface area contributed by atoms with E-state index in [1.54, 1.807) is 0 Å². The molecule has 0 saturated carbocycles. The van der Waals surface area contributed by atoms with Gasteiger partial charge in [-0.25, -0.2) is 0 Å². The van der Waals surface area contributed by atoms with Gasteiger partial charge in [0.15, 0.2) is 0 Å². The first-order valence-corrected chi connectivity index (χ1v) is 5.47. The van der Waals surface area contributed by atoms with Gasteiger partial charge in [-0.2, -0.15) is 0 Å². The highest BCUT2D eigenvalue weighted by molar-refractivity contribution is 6.04. The predicted molar refractivity (Wildman–Crippen MR) is 67.5 cm³/mol. The summed E-state index contributed by atoms with van der Waals surface area (Å²) in [6.07, 6.45) is 0. The van der Waals surface area contributed by atoms with E-state index in [2.05, 4.69) is 72.6 Å². The highest BCUT2D eigenvalue weighted by atomic mass is 15.2. The van der Waals surface area contributed by atoms with Crippen molar-refractivity contribution in [2.24, 2.45) is 0 Å². The third kappa shape index (κ3) is 1.41. The zero-order valence-corrected chi connectivity index (χ0v) is 9.22. The zero-order valence-electron chi connectivity index (χ0n) is 9.22. The minimum Gasteiger partial charge on any atom is -0.340 e. The van der Waals surface area contributed by atoms with Crippen LogP contribution in [-0.4, -0.2) is 11.9 Å². The van der Waals surface area contributed by atoms with E-state index in [0.717, 1.165) is 0 Å². The van der Waals surface area contributed by atoms with Gasteiger partial charge in [-0.1, -0.05) is 60.7 Å². The Morgan fingerprint density at radius 1 is 0.625 bits per heavy atom. The Balaban J connectivity index is 2.02. The normalized spacial score (nSPS) is 14.2. The molecule has 0 unspecified atom stereocenters. The fourth-order valence-electron chi connectivity index (χ4n) is 2.10. The van der Waals surface area contributed by atoms with Gasteiger partial charge in [-0.05, 0) is 0 Å². The Bertz CT molecular complexity index is 476. The monoisotopic (exact) mass is 207 g/mol. The second kappa shape index (κ2) is 3.53. The molecule has 2 aromatic carbocycles. The quantitative estimate of drug-likeness (QED) is 0.728. The molecule has 1 aliphatic heterocycles. The van der Waals surface area contributed by atoms with Crippen LogP contribution in [0.1, 0.15) is 11.1 Å². The molecule has 1 aliphatic rings. The zero-order chi connectivity index (χ0) is 11.0. The average molecular weight is 207 g/mol. The van der Waals surface area contributed by atoms with Crippen LogP contribution >= 0.6 is 0 Å². The molecule has 3 rings (SSSR count). The van der Waals surface area contributed by atoms with Crippen molar-refractivity contribution < 1.29 is 0 Å². The van der Waals surface area contributed by atoms with Gasteiger partial charge in [0.1, 0.15) is 0 Å². The van der Waals surface area contributed by atoms with Crippen LogP contribution < -0.4 is 0 Å². The first-order valence-electron chi connectivity index (χ1n) is 5.47. The second-order valence-corrected chi connectivity index (χ2v) is 3.99. The lowest BCUT2D eigenvalue weighted by Gasteiger charge is -1.98. The van der Waals surface area contributed by atoms with Crippen LogP contribution in [0, 0.1) is 0 Å². The topological polar surface area (TPSA) is 3.01 Å². The summed E-state index contributed by atoms with van der Waals surface area (Å²) >= 11 is 0. The molecule has 1 nitrogen and oxygen atoms in total. The van der Waals surface area contributed by atoms with Gasteiger partial charge in [-0.3, -0.25) is 0 Å². The van der Waals surface area contributed by atoms with Gasteiger partial charge in [0, 0.05) is 18.2 Å². The highest BCUT2D eigenvalue weighted by Crippen LogP contribution is 2.44. The van der Waals surface area contributed by atoms with E-state index in [-0.39, 0.29) is 0 Å². The Kier molecular flexibility index (Phi) is 2.03. The first kappa shape index (κ1) is 9.22. The van der Waals surface area contributed by atoms with Crippen molar-refractivity contribution in [1.82, 2.24) is 4.90 Å². The van der Waals surface area contributed by atoms with E-state index >= 15 is 0 Å².